The topological polar surface area (TPSA) is 873 Å². The standard InChI is InChI=1S/C17H20I3N3O11.C14H16I3N3O8.C12H16N2O3Si.C9H11I2N3O2.C9H10N2O4.C8H9NO3.C8H7NO3.6Ac/c18-8-7(13(14(21)30)34-17(33)6(29)3-26)9(19)12(23-16(32)5(28)2-25)10(20)11(8)22-15(31)4(27)1-24;15-6-5(11(25)12(18)26)7(16)10(20-14(28)4(24)2-22)8(17)9(6)19-13(27)3(23)1-21;1-9-5-10(7-11(6-9)14(15)16)12(8-13)17-18(2,3)4;1-2-6(12)4(10)3(5(11)7(2)13)8(15)9(14)16;1-5-2-6(8(12)9(10)13)4-7(3-5)11(14)15;2*1-6-2-7(5-10)4-8(3-6)9(11)12;;;;;;/h4-6,13,24-29H,1-3H2,(H2,21,30)(H,22,31)(H,23,32);3-4,11,21-25H,1-2H2,(H2,18,26)(H,19,27)(H,20,28);5-7,12H,1-4H3;8,15H,12-13H2,1H3,(H2,14,16);2-4,8,12H,1H3,(H2,10,13);2-4,10H,5H2,1H3;2-5H,1H3;;;;;;. The Morgan fingerprint density at radius 3 is 0.979 bits per heavy atom. The molecule has 0 saturated carbocycles. The fourth-order valence-corrected chi connectivity index (χ4v) is 22.1. The molecule has 0 saturated heterocycles. The summed E-state index contributed by atoms with van der Waals surface area (Å²) in [6.45, 7) is 9.88. The summed E-state index contributed by atoms with van der Waals surface area (Å²) >= 11 is 14.2. The van der Waals surface area contributed by atoms with Gasteiger partial charge >= 0.3 is 5.97 Å². The summed E-state index contributed by atoms with van der Waals surface area (Å²) in [6, 6.07) is 19.5. The molecule has 7 aromatic carbocycles. The molecule has 0 heterocycles. The van der Waals surface area contributed by atoms with Gasteiger partial charge in [0.15, 0.2) is 63.3 Å². The van der Waals surface area contributed by atoms with Gasteiger partial charge in [0.05, 0.1) is 107 Å². The number of nitriles is 1. The Morgan fingerprint density at radius 1 is 0.411 bits per heavy atom. The summed E-state index contributed by atoms with van der Waals surface area (Å²) in [6.07, 6.45) is -15.8. The Balaban J connectivity index is -0.000000386. The van der Waals surface area contributed by atoms with E-state index in [1.54, 1.807) is 188 Å². The molecule has 0 fully saturated rings. The second-order valence-corrected chi connectivity index (χ2v) is 41.4. The summed E-state index contributed by atoms with van der Waals surface area (Å²) < 4.78 is 12.8. The molecule has 0 bridgehead atoms. The van der Waals surface area contributed by atoms with Crippen molar-refractivity contribution in [3.8, 4) is 6.07 Å². The molecule has 7 rings (SSSR count). The average Bonchev–Trinajstić information content (AvgIpc) is 0.767. The minimum absolute atomic E-state index is 0. The molecule has 0 aliphatic rings. The van der Waals surface area contributed by atoms with Crippen molar-refractivity contribution in [3.05, 3.63) is 209 Å². The Kier molecular flexibility index (Phi) is 80.1. The van der Waals surface area contributed by atoms with Crippen molar-refractivity contribution in [3.63, 3.8) is 0 Å². The van der Waals surface area contributed by atoms with Gasteiger partial charge in [-0.15, -0.1) is 0 Å². The van der Waals surface area contributed by atoms with Crippen LogP contribution in [0, 0.1) is 379 Å². The fourth-order valence-electron chi connectivity index (χ4n) is 10.1. The van der Waals surface area contributed by atoms with E-state index >= 15 is 0 Å². The number of hydrogen-bond donors (Lipinski definition) is 24. The number of hydrogen-bond acceptors (Lipinski definition) is 37. The minimum atomic E-state index is -1.99. The zero-order valence-corrected chi connectivity index (χ0v) is 121. The van der Waals surface area contributed by atoms with Gasteiger partial charge in [0, 0.05) is 362 Å². The number of aryl methyl sites for hydroxylation is 4. The van der Waals surface area contributed by atoms with Crippen LogP contribution in [0.3, 0.4) is 0 Å². The number of esters is 1. The molecule has 754 valence electrons. The molecule has 10 unspecified atom stereocenters. The van der Waals surface area contributed by atoms with E-state index in [4.69, 9.17) is 79.5 Å². The number of nitrogens with one attached hydrogen (secondary N) is 4. The van der Waals surface area contributed by atoms with Crippen molar-refractivity contribution in [1.82, 2.24) is 0 Å². The molecule has 0 aliphatic carbocycles. The monoisotopic (exact) mass is 4170 g/mol. The van der Waals surface area contributed by atoms with Gasteiger partial charge in [-0.1, -0.05) is 18.2 Å². The number of nitrogen functional groups attached to an aromatic ring is 2. The molecular weight excluding hydrogens is 4080 g/mol. The Labute approximate surface area is 1130 Å². The SMILES string of the molecule is Cc1c(N)c(I)c(C(O)C(N)=O)c(I)c1N.Cc1cc(C(C#N)O[Si](C)(C)C)cc([N+](=O)[O-])c1.Cc1cc(C(O)C(N)=O)cc([N+](=O)[O-])c1.Cc1cc(C=O)cc([N+](=O)[O-])c1.Cc1cc(CO)cc([N+](=O)[O-])c1.NC(=O)C(O)c1c(I)c(NC(=O)C(O)CO)c(I)c(NC(=O)C(O)CO)c1I.NC(=O)C(OC(=O)C(O)CO)c1c(I)c(NC(=O)C(O)CO)c(I)c(NC(=O)C(O)CO)c1I.[Ac].[Ac].[Ac].[Ac].[Ac].[Ac]. The van der Waals surface area contributed by atoms with Crippen LogP contribution in [-0.4, -0.2) is 223 Å². The number of halogens is 8. The molecule has 30 N–H and O–H groups in total. The Bertz CT molecular complexity index is 5530. The molecule has 8 amide bonds. The van der Waals surface area contributed by atoms with E-state index in [9.17, 15) is 129 Å². The van der Waals surface area contributed by atoms with Gasteiger partial charge in [-0.2, -0.15) is 5.26 Å². The van der Waals surface area contributed by atoms with Gasteiger partial charge in [0.1, 0.15) is 6.29 Å². The minimum Gasteiger partial charge on any atom is -0.445 e. The van der Waals surface area contributed by atoms with Gasteiger partial charge in [-0.3, -0.25) is 83.6 Å². The molecule has 0 aliphatic heterocycles. The van der Waals surface area contributed by atoms with E-state index in [2.05, 4.69) is 27.3 Å². The predicted octanol–water partition coefficient (Wildman–Crippen LogP) is 3.85. The van der Waals surface area contributed by atoms with E-state index < -0.39 is 175 Å². The number of anilines is 6. The first kappa shape index (κ1) is 152. The summed E-state index contributed by atoms with van der Waals surface area (Å²) in [5, 5.41) is 191. The number of nitrogens with zero attached hydrogens (tertiary/aromatic N) is 5. The third-order valence-electron chi connectivity index (χ3n) is 16.7. The summed E-state index contributed by atoms with van der Waals surface area (Å²) in [5.74, 6) is -9.48. The first-order valence-corrected chi connectivity index (χ1v) is 49.2. The molecule has 6 radical (unpaired) electrons. The third kappa shape index (κ3) is 49.3. The van der Waals surface area contributed by atoms with Crippen LogP contribution in [0.25, 0.3) is 0 Å². The van der Waals surface area contributed by atoms with Gasteiger partial charge < -0.3 is 136 Å². The van der Waals surface area contributed by atoms with Crippen LogP contribution in [0.4, 0.5) is 56.9 Å². The number of aldehydes is 1. The second kappa shape index (κ2) is 74.3. The fraction of sp³-hybridized carbons (Fsp3) is 0.312. The molecule has 10 atom stereocenters. The van der Waals surface area contributed by atoms with Crippen molar-refractivity contribution >= 4 is 305 Å². The Hall–Kier alpha value is 0.236. The van der Waals surface area contributed by atoms with E-state index in [0.29, 0.717) is 58.2 Å². The summed E-state index contributed by atoms with van der Waals surface area (Å²) in [4.78, 5) is 156. The summed E-state index contributed by atoms with van der Waals surface area (Å²) in [5.41, 5.74) is 38.2. The van der Waals surface area contributed by atoms with Crippen LogP contribution >= 0.6 is 181 Å². The van der Waals surface area contributed by atoms with Crippen molar-refractivity contribution in [2.24, 2.45) is 22.9 Å². The zero-order valence-electron chi connectivity index (χ0n) is 74.6. The number of aliphatic hydroxyl groups excluding tert-OH is 14. The number of non-ortho nitro benzene ring substituents is 4. The first-order valence-electron chi connectivity index (χ1n) is 37.2. The maximum absolute atomic E-state index is 12.2. The maximum atomic E-state index is 12.2. The van der Waals surface area contributed by atoms with Crippen LogP contribution in [0.15, 0.2) is 72.8 Å². The molecule has 141 heavy (non-hydrogen) atoms. The molecule has 0 spiro atoms. The van der Waals surface area contributed by atoms with Gasteiger partial charge in [0.25, 0.3) is 70.0 Å². The van der Waals surface area contributed by atoms with E-state index in [0.717, 1.165) is 22.8 Å². The quantitative estimate of drug-likeness (QED) is 0.00541. The van der Waals surface area contributed by atoms with Crippen LogP contribution < -0.4 is 55.7 Å². The van der Waals surface area contributed by atoms with Crippen LogP contribution in [0.5, 0.6) is 0 Å². The third-order valence-corrected chi connectivity index (χ3v) is 26.6. The second-order valence-electron chi connectivity index (χ2n) is 28.3. The number of amides is 8. The number of primary amides is 4. The van der Waals surface area contributed by atoms with Crippen molar-refractivity contribution < 1.29 is 413 Å². The van der Waals surface area contributed by atoms with Crippen molar-refractivity contribution in [2.45, 2.75) is 122 Å². The molecule has 0 aromatic heterocycles. The normalized spacial score (nSPS) is 12.3. The van der Waals surface area contributed by atoms with Gasteiger partial charge in [-0.05, 0) is 280 Å². The van der Waals surface area contributed by atoms with E-state index in [-0.39, 0.29) is 355 Å². The number of nitro groups is 4. The first-order chi connectivity index (χ1) is 62.5. The molecular formula is C77H89Ac6I8N15O34Si. The number of nitrogens with two attached hydrogens (primary N) is 6. The molecule has 64 heteroatoms. The average molecular weight is 4170 g/mol. The Morgan fingerprint density at radius 2 is 0.695 bits per heavy atom. The van der Waals surface area contributed by atoms with Crippen LogP contribution in [-0.2, 0) is 58.9 Å². The number of ether oxygens (including phenoxy) is 1. The number of nitro benzene ring substituents is 4. The number of carbonyl (C=O) groups excluding carboxylic acids is 10. The summed E-state index contributed by atoms with van der Waals surface area (Å²) in [7, 11) is -1.88. The van der Waals surface area contributed by atoms with Gasteiger partial charge in [-0.25, -0.2) is 4.79 Å². The number of rotatable bonds is 32. The number of benzene rings is 7. The van der Waals surface area contributed by atoms with Crippen molar-refractivity contribution in [1.29, 1.82) is 5.26 Å². The zero-order chi connectivity index (χ0) is 104. The predicted molar refractivity (Wildman–Crippen MR) is 551 cm³/mol. The molecule has 49 nitrogen and oxygen atoms in total. The van der Waals surface area contributed by atoms with Gasteiger partial charge in [0.2, 0.25) is 6.10 Å². The van der Waals surface area contributed by atoms with Crippen LogP contribution in [0.2, 0.25) is 19.6 Å². The van der Waals surface area contributed by atoms with E-state index in [1.165, 1.54) is 48.5 Å². The van der Waals surface area contributed by atoms with Crippen molar-refractivity contribution in [2.75, 3.05) is 65.8 Å². The molecule has 7 aromatic rings. The maximum Gasteiger partial charge on any atom is 0.338 e. The largest absolute Gasteiger partial charge is 0.445 e. The smallest absolute Gasteiger partial charge is 0.338 e. The van der Waals surface area contributed by atoms with E-state index in [1.807, 2.05) is 64.8 Å². The number of aliphatic hydroxyl groups is 14. The van der Waals surface area contributed by atoms with Crippen LogP contribution in [0.1, 0.15) is 102 Å². The number of carbonyl (C=O) groups is 10.